The van der Waals surface area contributed by atoms with E-state index in [4.69, 9.17) is 14.9 Å². The number of hydrogen-bond donors (Lipinski definition) is 6. The molecule has 3 amide bonds. The number of halogens is 5. The topological polar surface area (TPSA) is 194 Å². The van der Waals surface area contributed by atoms with Crippen molar-refractivity contribution in [3.05, 3.63) is 221 Å². The van der Waals surface area contributed by atoms with Gasteiger partial charge >= 0.3 is 12.1 Å². The van der Waals surface area contributed by atoms with Crippen LogP contribution < -0.4 is 20.9 Å². The fourth-order valence-corrected chi connectivity index (χ4v) is 10.1. The molecule has 1 aliphatic rings. The monoisotopic (exact) mass is 1130 g/mol. The summed E-state index contributed by atoms with van der Waals surface area (Å²) < 4.78 is 59.1. The fraction of sp³-hybridized carbons (Fsp3) is 0.312. The van der Waals surface area contributed by atoms with Crippen LogP contribution in [0, 0.1) is 17.6 Å². The Morgan fingerprint density at radius 2 is 1.22 bits per heavy atom. The zero-order valence-corrected chi connectivity index (χ0v) is 45.1. The first-order valence-electron chi connectivity index (χ1n) is 27.5. The SMILES string of the molecule is O=C(CCCCCCCCCCC(=O)Nc1ccccc1C(Nc1ccccn1)C(c1ccccn1)C(O)c1ccccc1)NCc1cccc(C2C(CCC(O)c3ccc(F)cc3)C(=O)N2c2ccc(F)cc2)c1.O=C(O)C(F)(F)F. The molecule has 0 bridgehead atoms. The van der Waals surface area contributed by atoms with Gasteiger partial charge in [0.2, 0.25) is 17.7 Å². The minimum Gasteiger partial charge on any atom is -0.475 e. The number of carbonyl (C=O) groups is 4. The molecule has 3 heterocycles. The first-order valence-corrected chi connectivity index (χ1v) is 27.5. The van der Waals surface area contributed by atoms with E-state index in [2.05, 4.69) is 20.9 Å². The van der Waals surface area contributed by atoms with Crippen molar-refractivity contribution in [1.82, 2.24) is 15.3 Å². The van der Waals surface area contributed by atoms with Crippen LogP contribution in [-0.2, 0) is 25.7 Å². The number of aliphatic hydroxyl groups is 2. The van der Waals surface area contributed by atoms with Crippen molar-refractivity contribution in [3.63, 3.8) is 0 Å². The number of rotatable bonds is 27. The number of nitrogens with zero attached hydrogens (tertiary/aromatic N) is 3. The van der Waals surface area contributed by atoms with Gasteiger partial charge in [0.15, 0.2) is 0 Å². The molecular formula is C64H67F5N6O7. The Morgan fingerprint density at radius 1 is 0.634 bits per heavy atom. The second-order valence-corrected chi connectivity index (χ2v) is 20.1. The number of aromatic nitrogens is 2. The van der Waals surface area contributed by atoms with Gasteiger partial charge in [-0.15, -0.1) is 0 Å². The molecular weight excluding hydrogens is 1060 g/mol. The van der Waals surface area contributed by atoms with Crippen molar-refractivity contribution < 1.29 is 56.4 Å². The maximum atomic E-state index is 13.9. The molecule has 430 valence electrons. The second kappa shape index (κ2) is 30.5. The van der Waals surface area contributed by atoms with Gasteiger partial charge in [0.05, 0.1) is 36.1 Å². The number of anilines is 3. The molecule has 6 N–H and O–H groups in total. The van der Waals surface area contributed by atoms with Gasteiger partial charge in [-0.05, 0) is 120 Å². The number of carboxylic acid groups (broad SMARTS) is 1. The van der Waals surface area contributed by atoms with Crippen LogP contribution in [0.2, 0.25) is 0 Å². The van der Waals surface area contributed by atoms with E-state index in [1.54, 1.807) is 41.6 Å². The standard InChI is InChI=1S/C62H66F2N6O5.C2HF3O2/c63-47-31-29-44(30-32-47)54(71)38-37-51-60(70(62(51)75)49-35-33-48(64)34-36-49)46-22-18-19-43(41-46)42-67-56(72)27-10-5-3-1-2-4-6-11-28-57(73)68-52-24-13-12-23-50(52)59(69-55-26-15-17-40-66-55)58(53-25-14-16-39-65-53)61(74)45-20-8-7-9-21-45;3-2(4,5)1(6)7/h7-9,12-26,29-36,39-41,51,54,58-61,71,74H,1-6,10-11,27-28,37-38,42H2,(H,66,69)(H,67,72)(H,68,73);(H,6,7). The Hall–Kier alpha value is -8.35. The number of carbonyl (C=O) groups excluding carboxylic acids is 3. The summed E-state index contributed by atoms with van der Waals surface area (Å²) >= 11 is 0. The molecule has 8 rings (SSSR count). The van der Waals surface area contributed by atoms with Crippen molar-refractivity contribution in [2.45, 2.75) is 120 Å². The third-order valence-electron chi connectivity index (χ3n) is 14.3. The maximum Gasteiger partial charge on any atom is 0.490 e. The third-order valence-corrected chi connectivity index (χ3v) is 14.3. The summed E-state index contributed by atoms with van der Waals surface area (Å²) in [6.45, 7) is 0.331. The van der Waals surface area contributed by atoms with Crippen molar-refractivity contribution in [2.75, 3.05) is 15.5 Å². The Bertz CT molecular complexity index is 3120. The molecule has 1 aliphatic heterocycles. The predicted octanol–water partition coefficient (Wildman–Crippen LogP) is 13.4. The minimum atomic E-state index is -5.08. The van der Waals surface area contributed by atoms with Crippen LogP contribution >= 0.6 is 0 Å². The van der Waals surface area contributed by atoms with Crippen LogP contribution in [0.25, 0.3) is 0 Å². The smallest absolute Gasteiger partial charge is 0.475 e. The molecule has 2 aromatic heterocycles. The summed E-state index contributed by atoms with van der Waals surface area (Å²) in [5, 5.41) is 39.8. The van der Waals surface area contributed by atoms with Crippen LogP contribution in [0.3, 0.4) is 0 Å². The van der Waals surface area contributed by atoms with Crippen LogP contribution in [0.15, 0.2) is 176 Å². The van der Waals surface area contributed by atoms with Gasteiger partial charge in [-0.2, -0.15) is 13.2 Å². The van der Waals surface area contributed by atoms with Crippen molar-refractivity contribution in [1.29, 1.82) is 0 Å². The number of benzene rings is 5. The lowest BCUT2D eigenvalue weighted by Gasteiger charge is -2.48. The molecule has 1 fully saturated rings. The highest BCUT2D eigenvalue weighted by Gasteiger charge is 2.48. The molecule has 0 radical (unpaired) electrons. The summed E-state index contributed by atoms with van der Waals surface area (Å²) in [4.78, 5) is 59.8. The first-order chi connectivity index (χ1) is 39.6. The quantitative estimate of drug-likeness (QED) is 0.0164. The Labute approximate surface area is 473 Å². The second-order valence-electron chi connectivity index (χ2n) is 20.1. The highest BCUT2D eigenvalue weighted by molar-refractivity contribution is 6.03. The summed E-state index contributed by atoms with van der Waals surface area (Å²) in [7, 11) is 0. The molecule has 6 atom stereocenters. The van der Waals surface area contributed by atoms with Gasteiger partial charge in [0.25, 0.3) is 0 Å². The minimum absolute atomic E-state index is 0.0292. The molecule has 18 heteroatoms. The summed E-state index contributed by atoms with van der Waals surface area (Å²) in [5.74, 6) is -4.13. The number of β-lactam (4-membered cyclic amide) rings is 1. The maximum absolute atomic E-state index is 13.9. The molecule has 5 aromatic carbocycles. The number of amides is 3. The summed E-state index contributed by atoms with van der Waals surface area (Å²) in [5.41, 5.74) is 5.82. The van der Waals surface area contributed by atoms with Crippen LogP contribution in [0.1, 0.15) is 141 Å². The third kappa shape index (κ3) is 17.8. The van der Waals surface area contributed by atoms with E-state index in [1.165, 1.54) is 24.3 Å². The lowest BCUT2D eigenvalue weighted by atomic mass is 9.78. The molecule has 0 spiro atoms. The average molecular weight is 1130 g/mol. The van der Waals surface area contributed by atoms with Gasteiger partial charge in [-0.25, -0.2) is 18.6 Å². The van der Waals surface area contributed by atoms with Crippen molar-refractivity contribution in [2.24, 2.45) is 5.92 Å². The average Bonchev–Trinajstić information content (AvgIpc) is 1.83. The number of pyridine rings is 2. The number of carboxylic acids is 1. The number of aliphatic hydroxyl groups excluding tert-OH is 2. The van der Waals surface area contributed by atoms with Crippen LogP contribution in [-0.4, -0.2) is 55.2 Å². The normalized spacial score (nSPS) is 15.4. The van der Waals surface area contributed by atoms with Crippen molar-refractivity contribution >= 4 is 40.9 Å². The molecule has 13 nitrogen and oxygen atoms in total. The lowest BCUT2D eigenvalue weighted by molar-refractivity contribution is -0.192. The number of nitrogens with one attached hydrogen (secondary N) is 3. The van der Waals surface area contributed by atoms with Crippen LogP contribution in [0.4, 0.5) is 39.1 Å². The van der Waals surface area contributed by atoms with Gasteiger partial charge in [0, 0.05) is 48.8 Å². The lowest BCUT2D eigenvalue weighted by Crippen LogP contribution is -2.55. The Morgan fingerprint density at radius 3 is 1.84 bits per heavy atom. The molecule has 82 heavy (non-hydrogen) atoms. The molecule has 7 aromatic rings. The van der Waals surface area contributed by atoms with Gasteiger partial charge in [0.1, 0.15) is 17.5 Å². The van der Waals surface area contributed by atoms with E-state index in [-0.39, 0.29) is 23.8 Å². The molecule has 0 saturated carbocycles. The van der Waals surface area contributed by atoms with Gasteiger partial charge in [-0.1, -0.05) is 136 Å². The van der Waals surface area contributed by atoms with Crippen LogP contribution in [0.5, 0.6) is 0 Å². The van der Waals surface area contributed by atoms with E-state index in [0.717, 1.165) is 73.6 Å². The summed E-state index contributed by atoms with van der Waals surface area (Å²) in [6, 6.07) is 46.9. The number of hydrogen-bond acceptors (Lipinski definition) is 9. The van der Waals surface area contributed by atoms with E-state index < -0.39 is 53.9 Å². The van der Waals surface area contributed by atoms with E-state index >= 15 is 0 Å². The van der Waals surface area contributed by atoms with E-state index in [9.17, 15) is 46.5 Å². The number of aliphatic carboxylic acids is 1. The van der Waals surface area contributed by atoms with E-state index in [0.29, 0.717) is 60.7 Å². The number of alkyl halides is 3. The molecule has 0 aliphatic carbocycles. The first kappa shape index (κ1) is 61.3. The molecule has 6 unspecified atom stereocenters. The van der Waals surface area contributed by atoms with Crippen molar-refractivity contribution in [3.8, 4) is 0 Å². The number of unbranched alkanes of at least 4 members (excludes halogenated alkanes) is 7. The van der Waals surface area contributed by atoms with Gasteiger partial charge < -0.3 is 36.2 Å². The highest BCUT2D eigenvalue weighted by Crippen LogP contribution is 2.47. The Kier molecular flexibility index (Phi) is 22.8. The predicted molar refractivity (Wildman–Crippen MR) is 303 cm³/mol. The zero-order valence-electron chi connectivity index (χ0n) is 45.1. The summed E-state index contributed by atoms with van der Waals surface area (Å²) in [6.07, 6.45) is 5.58. The fourth-order valence-electron chi connectivity index (χ4n) is 10.1. The highest BCUT2D eigenvalue weighted by atomic mass is 19.4. The Balaban J connectivity index is 0.00000130. The van der Waals surface area contributed by atoms with E-state index in [1.807, 2.05) is 115 Å². The zero-order chi connectivity index (χ0) is 58.4. The van der Waals surface area contributed by atoms with Gasteiger partial charge in [-0.3, -0.25) is 19.4 Å². The molecule has 1 saturated heterocycles. The largest absolute Gasteiger partial charge is 0.490 e. The number of para-hydroxylation sites is 1.